The minimum absolute atomic E-state index is 0.106. The maximum atomic E-state index is 12.0. The Morgan fingerprint density at radius 2 is 1.85 bits per heavy atom. The summed E-state index contributed by atoms with van der Waals surface area (Å²) in [6, 6.07) is 3.25. The van der Waals surface area contributed by atoms with Crippen molar-refractivity contribution < 1.29 is 13.2 Å². The van der Waals surface area contributed by atoms with Crippen LogP contribution < -0.4 is 4.90 Å². The van der Waals surface area contributed by atoms with Crippen LogP contribution in [0.4, 0.5) is 5.69 Å². The standard InChI is InChI=1S/C11H9BrCl3NO3S/c12-7-2-8(13)11(9(14)3-7)16-4-6(1-10(16)17)5-20(15,18)19/h2-3,6H,1,4-5H2. The molecule has 0 radical (unpaired) electrons. The molecule has 1 amide bonds. The maximum Gasteiger partial charge on any atom is 0.232 e. The molecule has 4 nitrogen and oxygen atoms in total. The molecule has 0 aliphatic carbocycles. The summed E-state index contributed by atoms with van der Waals surface area (Å²) in [6.45, 7) is 0.228. The van der Waals surface area contributed by atoms with Gasteiger partial charge >= 0.3 is 0 Å². The maximum absolute atomic E-state index is 12.0. The highest BCUT2D eigenvalue weighted by Crippen LogP contribution is 2.39. The lowest BCUT2D eigenvalue weighted by Crippen LogP contribution is -2.26. The summed E-state index contributed by atoms with van der Waals surface area (Å²) < 4.78 is 22.9. The molecule has 1 aliphatic rings. The van der Waals surface area contributed by atoms with Crippen LogP contribution in [-0.2, 0) is 13.8 Å². The third-order valence-corrected chi connectivity index (χ3v) is 5.17. The van der Waals surface area contributed by atoms with Crippen molar-refractivity contribution in [3.05, 3.63) is 26.7 Å². The normalized spacial score (nSPS) is 19.7. The lowest BCUT2D eigenvalue weighted by atomic mass is 10.1. The van der Waals surface area contributed by atoms with Gasteiger partial charge in [0.05, 0.1) is 21.5 Å². The smallest absolute Gasteiger partial charge is 0.232 e. The largest absolute Gasteiger partial charge is 0.309 e. The van der Waals surface area contributed by atoms with Gasteiger partial charge in [0.1, 0.15) is 0 Å². The van der Waals surface area contributed by atoms with E-state index in [1.54, 1.807) is 12.1 Å². The Hall–Kier alpha value is -0.0100. The van der Waals surface area contributed by atoms with E-state index >= 15 is 0 Å². The number of hydrogen-bond donors (Lipinski definition) is 0. The summed E-state index contributed by atoms with van der Waals surface area (Å²) >= 11 is 15.5. The fourth-order valence-corrected chi connectivity index (χ4v) is 4.92. The summed E-state index contributed by atoms with van der Waals surface area (Å²) in [4.78, 5) is 13.4. The highest BCUT2D eigenvalue weighted by molar-refractivity contribution is 9.10. The SMILES string of the molecule is O=C1CC(CS(=O)(=O)Cl)CN1c1c(Cl)cc(Br)cc1Cl. The van der Waals surface area contributed by atoms with Gasteiger partial charge in [-0.25, -0.2) is 8.42 Å². The Labute approximate surface area is 139 Å². The van der Waals surface area contributed by atoms with Crippen molar-refractivity contribution >= 4 is 70.5 Å². The van der Waals surface area contributed by atoms with Crippen molar-refractivity contribution in [2.75, 3.05) is 17.2 Å². The Morgan fingerprint density at radius 1 is 1.30 bits per heavy atom. The highest BCUT2D eigenvalue weighted by atomic mass is 79.9. The number of nitrogens with zero attached hydrogens (tertiary/aromatic N) is 1. The van der Waals surface area contributed by atoms with E-state index in [0.717, 1.165) is 0 Å². The van der Waals surface area contributed by atoms with Gasteiger partial charge in [-0.2, -0.15) is 0 Å². The molecule has 9 heteroatoms. The Balaban J connectivity index is 2.29. The third kappa shape index (κ3) is 3.80. The van der Waals surface area contributed by atoms with Crippen LogP contribution in [-0.4, -0.2) is 26.6 Å². The van der Waals surface area contributed by atoms with Crippen LogP contribution in [0.25, 0.3) is 0 Å². The van der Waals surface area contributed by atoms with E-state index in [2.05, 4.69) is 15.9 Å². The molecule has 1 aromatic carbocycles. The predicted octanol–water partition coefficient (Wildman–Crippen LogP) is 3.68. The minimum atomic E-state index is -3.64. The molecular formula is C11H9BrCl3NO3S. The second-order valence-corrected chi connectivity index (χ2v) is 9.05. The molecule has 1 saturated heterocycles. The van der Waals surface area contributed by atoms with Gasteiger partial charge in [0.15, 0.2) is 0 Å². The number of hydrogen-bond acceptors (Lipinski definition) is 3. The first-order valence-electron chi connectivity index (χ1n) is 5.54. The van der Waals surface area contributed by atoms with Crippen molar-refractivity contribution in [2.24, 2.45) is 5.92 Å². The lowest BCUT2D eigenvalue weighted by molar-refractivity contribution is -0.117. The molecule has 110 valence electrons. The molecule has 1 atom stereocenters. The van der Waals surface area contributed by atoms with Gasteiger partial charge in [-0.15, -0.1) is 0 Å². The molecule has 1 aliphatic heterocycles. The number of amides is 1. The monoisotopic (exact) mass is 419 g/mol. The van der Waals surface area contributed by atoms with Crippen LogP contribution >= 0.6 is 49.8 Å². The van der Waals surface area contributed by atoms with Gasteiger partial charge in [0, 0.05) is 34.0 Å². The van der Waals surface area contributed by atoms with Gasteiger partial charge in [-0.3, -0.25) is 4.79 Å². The van der Waals surface area contributed by atoms with Crippen LogP contribution in [0.2, 0.25) is 10.0 Å². The van der Waals surface area contributed by atoms with Crippen LogP contribution in [0.5, 0.6) is 0 Å². The highest BCUT2D eigenvalue weighted by Gasteiger charge is 2.35. The fourth-order valence-electron chi connectivity index (χ4n) is 2.18. The predicted molar refractivity (Wildman–Crippen MR) is 84.3 cm³/mol. The summed E-state index contributed by atoms with van der Waals surface area (Å²) in [5.74, 6) is -0.829. The van der Waals surface area contributed by atoms with Crippen molar-refractivity contribution in [1.29, 1.82) is 0 Å². The lowest BCUT2D eigenvalue weighted by Gasteiger charge is -2.19. The van der Waals surface area contributed by atoms with E-state index in [4.69, 9.17) is 33.9 Å². The van der Waals surface area contributed by atoms with Gasteiger partial charge < -0.3 is 4.90 Å². The zero-order valence-corrected chi connectivity index (χ0v) is 14.6. The fraction of sp³-hybridized carbons (Fsp3) is 0.364. The molecule has 0 spiro atoms. The molecule has 1 aromatic rings. The third-order valence-electron chi connectivity index (χ3n) is 2.89. The molecule has 20 heavy (non-hydrogen) atoms. The second-order valence-electron chi connectivity index (χ2n) is 4.50. The van der Waals surface area contributed by atoms with E-state index in [1.807, 2.05) is 0 Å². The summed E-state index contributed by atoms with van der Waals surface area (Å²) in [5, 5.41) is 0.652. The zero-order chi connectivity index (χ0) is 15.1. The van der Waals surface area contributed by atoms with Gasteiger partial charge in [-0.05, 0) is 12.1 Å². The summed E-state index contributed by atoms with van der Waals surface area (Å²) in [5.41, 5.74) is 0.399. The molecule has 1 fully saturated rings. The first kappa shape index (κ1) is 16.4. The molecule has 2 rings (SSSR count). The number of rotatable bonds is 3. The first-order chi connectivity index (χ1) is 9.17. The molecule has 0 N–H and O–H groups in total. The Morgan fingerprint density at radius 3 is 2.35 bits per heavy atom. The van der Waals surface area contributed by atoms with Crippen LogP contribution in [0.15, 0.2) is 16.6 Å². The number of carbonyl (C=O) groups excluding carboxylic acids is 1. The number of anilines is 1. The van der Waals surface area contributed by atoms with Crippen LogP contribution in [0.3, 0.4) is 0 Å². The topological polar surface area (TPSA) is 54.5 Å². The van der Waals surface area contributed by atoms with E-state index < -0.39 is 9.05 Å². The summed E-state index contributed by atoms with van der Waals surface area (Å²) in [6.07, 6.45) is 0.106. The van der Waals surface area contributed by atoms with Gasteiger partial charge in [0.25, 0.3) is 0 Å². The van der Waals surface area contributed by atoms with Crippen LogP contribution in [0.1, 0.15) is 6.42 Å². The van der Waals surface area contributed by atoms with Gasteiger partial charge in [0.2, 0.25) is 15.0 Å². The molecule has 0 aromatic heterocycles. The van der Waals surface area contributed by atoms with E-state index in [-0.39, 0.29) is 30.5 Å². The average molecular weight is 422 g/mol. The van der Waals surface area contributed by atoms with Crippen molar-refractivity contribution in [3.63, 3.8) is 0 Å². The minimum Gasteiger partial charge on any atom is -0.309 e. The number of benzene rings is 1. The molecular weight excluding hydrogens is 412 g/mol. The van der Waals surface area contributed by atoms with Crippen molar-refractivity contribution in [1.82, 2.24) is 0 Å². The quantitative estimate of drug-likeness (QED) is 0.700. The second kappa shape index (κ2) is 6.01. The van der Waals surface area contributed by atoms with E-state index in [1.165, 1.54) is 4.90 Å². The van der Waals surface area contributed by atoms with Crippen LogP contribution in [0, 0.1) is 5.92 Å². The van der Waals surface area contributed by atoms with E-state index in [9.17, 15) is 13.2 Å². The Bertz CT molecular complexity index is 642. The zero-order valence-electron chi connectivity index (χ0n) is 9.95. The number of carbonyl (C=O) groups is 1. The van der Waals surface area contributed by atoms with E-state index in [0.29, 0.717) is 20.2 Å². The molecule has 0 bridgehead atoms. The molecule has 0 saturated carbocycles. The first-order valence-corrected chi connectivity index (χ1v) is 9.57. The number of halogens is 4. The van der Waals surface area contributed by atoms with Crippen molar-refractivity contribution in [2.45, 2.75) is 6.42 Å². The molecule has 1 heterocycles. The summed E-state index contributed by atoms with van der Waals surface area (Å²) in [7, 11) is 1.58. The molecule has 1 unspecified atom stereocenters. The Kier molecular flexibility index (Phi) is 4.91. The average Bonchev–Trinajstić information content (AvgIpc) is 2.55. The van der Waals surface area contributed by atoms with Crippen molar-refractivity contribution in [3.8, 4) is 0 Å². The van der Waals surface area contributed by atoms with Gasteiger partial charge in [-0.1, -0.05) is 39.1 Å².